The van der Waals surface area contributed by atoms with E-state index in [9.17, 15) is 4.79 Å². The molecule has 1 aromatic heterocycles. The van der Waals surface area contributed by atoms with Gasteiger partial charge >= 0.3 is 0 Å². The lowest BCUT2D eigenvalue weighted by atomic mass is 9.98. The van der Waals surface area contributed by atoms with Crippen LogP contribution in [0.4, 0.5) is 5.13 Å². The van der Waals surface area contributed by atoms with Crippen LogP contribution < -0.4 is 10.6 Å². The van der Waals surface area contributed by atoms with Gasteiger partial charge in [-0.05, 0) is 12.8 Å². The van der Waals surface area contributed by atoms with Crippen molar-refractivity contribution in [2.75, 3.05) is 31.1 Å². The standard InChI is InChI=1S/C13H23N5OS.ClH/c1-4-9(2)11(14)12(19)17-5-7-18(8-6-17)13-15-10(3)16-20-13;/h9,11H,4-8,14H2,1-3H3;1H. The molecule has 1 aliphatic heterocycles. The number of aryl methyl sites for hydroxylation is 1. The molecular formula is C13H24ClN5OS. The van der Waals surface area contributed by atoms with Crippen LogP contribution in [0.1, 0.15) is 26.1 Å². The molecule has 0 bridgehead atoms. The van der Waals surface area contributed by atoms with Gasteiger partial charge in [0, 0.05) is 37.7 Å². The highest BCUT2D eigenvalue weighted by atomic mass is 35.5. The summed E-state index contributed by atoms with van der Waals surface area (Å²) >= 11 is 1.42. The smallest absolute Gasteiger partial charge is 0.239 e. The maximum atomic E-state index is 12.3. The molecule has 0 radical (unpaired) electrons. The fraction of sp³-hybridized carbons (Fsp3) is 0.769. The van der Waals surface area contributed by atoms with E-state index in [1.54, 1.807) is 0 Å². The van der Waals surface area contributed by atoms with Crippen LogP contribution in [-0.4, -0.2) is 52.4 Å². The SMILES string of the molecule is CCC(C)C(N)C(=O)N1CCN(c2nc(C)ns2)CC1.Cl. The van der Waals surface area contributed by atoms with Crippen molar-refractivity contribution in [1.29, 1.82) is 0 Å². The first-order valence-electron chi connectivity index (χ1n) is 7.12. The van der Waals surface area contributed by atoms with E-state index in [1.165, 1.54) is 11.5 Å². The molecule has 0 aromatic carbocycles. The summed E-state index contributed by atoms with van der Waals surface area (Å²) in [7, 11) is 0. The van der Waals surface area contributed by atoms with Gasteiger partial charge in [0.2, 0.25) is 11.0 Å². The van der Waals surface area contributed by atoms with Crippen LogP contribution in [0.2, 0.25) is 0 Å². The zero-order valence-electron chi connectivity index (χ0n) is 12.8. The van der Waals surface area contributed by atoms with E-state index in [2.05, 4.69) is 21.2 Å². The molecule has 1 aromatic rings. The van der Waals surface area contributed by atoms with Crippen molar-refractivity contribution < 1.29 is 4.79 Å². The largest absolute Gasteiger partial charge is 0.343 e. The number of piperazine rings is 1. The molecule has 8 heteroatoms. The summed E-state index contributed by atoms with van der Waals surface area (Å²) < 4.78 is 4.20. The summed E-state index contributed by atoms with van der Waals surface area (Å²) in [6.07, 6.45) is 0.928. The summed E-state index contributed by atoms with van der Waals surface area (Å²) in [5.41, 5.74) is 6.03. The van der Waals surface area contributed by atoms with Crippen LogP contribution in [0.25, 0.3) is 0 Å². The number of rotatable bonds is 4. The zero-order valence-corrected chi connectivity index (χ0v) is 14.4. The van der Waals surface area contributed by atoms with Crippen molar-refractivity contribution in [2.45, 2.75) is 33.2 Å². The summed E-state index contributed by atoms with van der Waals surface area (Å²) in [5, 5.41) is 0.945. The van der Waals surface area contributed by atoms with Crippen molar-refractivity contribution >= 4 is 35.0 Å². The van der Waals surface area contributed by atoms with Crippen molar-refractivity contribution in [1.82, 2.24) is 14.3 Å². The Bertz CT molecular complexity index is 461. The van der Waals surface area contributed by atoms with Gasteiger partial charge in [-0.25, -0.2) is 4.98 Å². The topological polar surface area (TPSA) is 75.4 Å². The van der Waals surface area contributed by atoms with Crippen molar-refractivity contribution in [3.8, 4) is 0 Å². The van der Waals surface area contributed by atoms with Gasteiger partial charge in [-0.15, -0.1) is 12.4 Å². The van der Waals surface area contributed by atoms with Gasteiger partial charge in [0.25, 0.3) is 0 Å². The molecule has 1 fully saturated rings. The molecule has 1 saturated heterocycles. The van der Waals surface area contributed by atoms with Crippen LogP contribution in [0.5, 0.6) is 0 Å². The molecule has 0 spiro atoms. The van der Waals surface area contributed by atoms with Crippen molar-refractivity contribution in [2.24, 2.45) is 11.7 Å². The maximum Gasteiger partial charge on any atom is 0.239 e. The average molecular weight is 334 g/mol. The van der Waals surface area contributed by atoms with Gasteiger partial charge in [-0.3, -0.25) is 4.79 Å². The highest BCUT2D eigenvalue weighted by Crippen LogP contribution is 2.19. The minimum atomic E-state index is -0.379. The molecule has 2 rings (SSSR count). The lowest BCUT2D eigenvalue weighted by Gasteiger charge is -2.36. The summed E-state index contributed by atoms with van der Waals surface area (Å²) in [6, 6.07) is -0.379. The van der Waals surface area contributed by atoms with Crippen LogP contribution in [0.15, 0.2) is 0 Å². The molecule has 2 unspecified atom stereocenters. The molecule has 21 heavy (non-hydrogen) atoms. The molecule has 1 amide bonds. The first kappa shape index (κ1) is 18.1. The average Bonchev–Trinajstić information content (AvgIpc) is 2.91. The van der Waals surface area contributed by atoms with Gasteiger partial charge in [0.15, 0.2) is 0 Å². The second kappa shape index (κ2) is 7.91. The number of nitrogens with zero attached hydrogens (tertiary/aromatic N) is 4. The molecule has 2 atom stereocenters. The second-order valence-corrected chi connectivity index (χ2v) is 6.08. The van der Waals surface area contributed by atoms with Gasteiger partial charge in [-0.1, -0.05) is 20.3 Å². The van der Waals surface area contributed by atoms with Crippen LogP contribution in [-0.2, 0) is 4.79 Å². The van der Waals surface area contributed by atoms with Crippen molar-refractivity contribution in [3.63, 3.8) is 0 Å². The Labute approximate surface area is 136 Å². The highest BCUT2D eigenvalue weighted by Gasteiger charge is 2.28. The number of nitrogens with two attached hydrogens (primary N) is 1. The molecule has 120 valence electrons. The van der Waals surface area contributed by atoms with E-state index >= 15 is 0 Å². The quantitative estimate of drug-likeness (QED) is 0.898. The summed E-state index contributed by atoms with van der Waals surface area (Å²) in [4.78, 5) is 20.7. The number of aromatic nitrogens is 2. The minimum absolute atomic E-state index is 0. The third-order valence-corrected chi connectivity index (χ3v) is 4.79. The first-order chi connectivity index (χ1) is 9.52. The number of carbonyl (C=O) groups excluding carboxylic acids is 1. The van der Waals surface area contributed by atoms with E-state index in [-0.39, 0.29) is 30.3 Å². The van der Waals surface area contributed by atoms with Crippen LogP contribution in [0, 0.1) is 12.8 Å². The van der Waals surface area contributed by atoms with Crippen molar-refractivity contribution in [3.05, 3.63) is 5.82 Å². The van der Waals surface area contributed by atoms with Crippen LogP contribution >= 0.6 is 23.9 Å². The molecule has 2 heterocycles. The molecular weight excluding hydrogens is 310 g/mol. The number of halogens is 1. The monoisotopic (exact) mass is 333 g/mol. The normalized spacial score (nSPS) is 18.1. The Balaban J connectivity index is 0.00000220. The first-order valence-corrected chi connectivity index (χ1v) is 7.90. The molecule has 6 nitrogen and oxygen atoms in total. The Morgan fingerprint density at radius 2 is 2.00 bits per heavy atom. The van der Waals surface area contributed by atoms with E-state index in [0.717, 1.165) is 30.5 Å². The predicted octanol–water partition coefficient (Wildman–Crippen LogP) is 1.29. The van der Waals surface area contributed by atoms with Gasteiger partial charge in [0.05, 0.1) is 6.04 Å². The third kappa shape index (κ3) is 4.28. The van der Waals surface area contributed by atoms with E-state index in [1.807, 2.05) is 18.7 Å². The van der Waals surface area contributed by atoms with E-state index < -0.39 is 0 Å². The number of hydrogen-bond donors (Lipinski definition) is 1. The van der Waals surface area contributed by atoms with Gasteiger partial charge in [-0.2, -0.15) is 4.37 Å². The Hall–Kier alpha value is -0.920. The fourth-order valence-electron chi connectivity index (χ4n) is 2.24. The zero-order chi connectivity index (χ0) is 14.7. The minimum Gasteiger partial charge on any atom is -0.343 e. The summed E-state index contributed by atoms with van der Waals surface area (Å²) in [6.45, 7) is 9.01. The van der Waals surface area contributed by atoms with E-state index in [4.69, 9.17) is 5.73 Å². The Morgan fingerprint density at radius 1 is 1.38 bits per heavy atom. The van der Waals surface area contributed by atoms with E-state index in [0.29, 0.717) is 13.1 Å². The van der Waals surface area contributed by atoms with Gasteiger partial charge in [0.1, 0.15) is 5.82 Å². The highest BCUT2D eigenvalue weighted by molar-refractivity contribution is 7.09. The third-order valence-electron chi connectivity index (χ3n) is 3.92. The fourth-order valence-corrected chi connectivity index (χ4v) is 2.97. The van der Waals surface area contributed by atoms with Gasteiger partial charge < -0.3 is 15.5 Å². The lowest BCUT2D eigenvalue weighted by Crippen LogP contribution is -2.54. The summed E-state index contributed by atoms with van der Waals surface area (Å²) in [5.74, 6) is 1.11. The number of carbonyl (C=O) groups is 1. The second-order valence-electron chi connectivity index (χ2n) is 5.35. The number of amides is 1. The molecule has 0 saturated carbocycles. The molecule has 2 N–H and O–H groups in total. The lowest BCUT2D eigenvalue weighted by molar-refractivity contribution is -0.134. The predicted molar refractivity (Wildman–Crippen MR) is 88.1 cm³/mol. The molecule has 0 aliphatic carbocycles. The Morgan fingerprint density at radius 3 is 2.48 bits per heavy atom. The van der Waals surface area contributed by atoms with Crippen LogP contribution in [0.3, 0.4) is 0 Å². The number of anilines is 1. The number of hydrogen-bond acceptors (Lipinski definition) is 6. The Kier molecular flexibility index (Phi) is 6.83. The molecule has 1 aliphatic rings. The maximum absolute atomic E-state index is 12.3.